The molecule has 2 aliphatic rings. The zero-order valence-electron chi connectivity index (χ0n) is 15.3. The van der Waals surface area contributed by atoms with E-state index in [0.29, 0.717) is 31.1 Å². The Balaban J connectivity index is 1.40. The first-order valence-corrected chi connectivity index (χ1v) is 10.3. The first-order chi connectivity index (χ1) is 13.7. The number of carbonyl (C=O) groups excluding carboxylic acids is 1. The molecule has 2 aromatic heterocycles. The van der Waals surface area contributed by atoms with Gasteiger partial charge >= 0.3 is 0 Å². The molecular formula is C20H20BrN5O2. The number of nitrogens with zero attached hydrogens (tertiary/aromatic N) is 5. The first-order valence-electron chi connectivity index (χ1n) is 9.55. The van der Waals surface area contributed by atoms with Crippen molar-refractivity contribution in [2.75, 3.05) is 13.1 Å². The highest BCUT2D eigenvalue weighted by Gasteiger charge is 2.24. The van der Waals surface area contributed by atoms with Crippen LogP contribution in [0, 0.1) is 5.92 Å². The van der Waals surface area contributed by atoms with Crippen molar-refractivity contribution in [3.05, 3.63) is 40.5 Å². The molecule has 8 heteroatoms. The van der Waals surface area contributed by atoms with E-state index in [4.69, 9.17) is 4.74 Å². The van der Waals surface area contributed by atoms with E-state index in [-0.39, 0.29) is 5.78 Å². The molecule has 0 unspecified atom stereocenters. The highest BCUT2D eigenvalue weighted by molar-refractivity contribution is 9.10. The fraction of sp³-hybridized carbons (Fsp3) is 0.400. The van der Waals surface area contributed by atoms with Crippen LogP contribution in [0.15, 0.2) is 34.9 Å². The summed E-state index contributed by atoms with van der Waals surface area (Å²) >= 11 is 3.63. The van der Waals surface area contributed by atoms with E-state index >= 15 is 0 Å². The highest BCUT2D eigenvalue weighted by atomic mass is 79.9. The average molecular weight is 442 g/mol. The SMILES string of the molecule is O=C1CCN(Cc2cccnc2Oc2ccc3c(nnn3CC3CC3)c2Br)C1. The number of Topliss-reactive ketones (excluding diaryl/α,β-unsaturated/α-hetero) is 1. The molecule has 0 radical (unpaired) electrons. The maximum atomic E-state index is 11.6. The van der Waals surface area contributed by atoms with E-state index in [1.165, 1.54) is 12.8 Å². The number of aromatic nitrogens is 4. The molecular weight excluding hydrogens is 422 g/mol. The molecule has 1 saturated heterocycles. The van der Waals surface area contributed by atoms with Crippen LogP contribution in [0.3, 0.4) is 0 Å². The van der Waals surface area contributed by atoms with E-state index < -0.39 is 0 Å². The van der Waals surface area contributed by atoms with Gasteiger partial charge in [-0.05, 0) is 52.9 Å². The number of carbonyl (C=O) groups is 1. The van der Waals surface area contributed by atoms with Crippen LogP contribution in [-0.2, 0) is 17.9 Å². The van der Waals surface area contributed by atoms with E-state index in [1.54, 1.807) is 6.20 Å². The molecule has 0 N–H and O–H groups in total. The van der Waals surface area contributed by atoms with Gasteiger partial charge in [0, 0.05) is 37.8 Å². The van der Waals surface area contributed by atoms with Crippen molar-refractivity contribution in [2.24, 2.45) is 5.92 Å². The van der Waals surface area contributed by atoms with Crippen LogP contribution >= 0.6 is 15.9 Å². The number of likely N-dealkylation sites (tertiary alicyclic amines) is 1. The van der Waals surface area contributed by atoms with Crippen LogP contribution in [0.25, 0.3) is 11.0 Å². The molecule has 5 rings (SSSR count). The van der Waals surface area contributed by atoms with Gasteiger partial charge in [0.1, 0.15) is 17.0 Å². The molecule has 144 valence electrons. The van der Waals surface area contributed by atoms with E-state index in [2.05, 4.69) is 36.1 Å². The second kappa shape index (κ2) is 7.25. The Labute approximate surface area is 170 Å². The number of ether oxygens (including phenoxy) is 1. The fourth-order valence-electron chi connectivity index (χ4n) is 3.55. The van der Waals surface area contributed by atoms with Crippen molar-refractivity contribution in [1.82, 2.24) is 24.9 Å². The Morgan fingerprint density at radius 1 is 1.25 bits per heavy atom. The van der Waals surface area contributed by atoms with Gasteiger partial charge < -0.3 is 4.74 Å². The van der Waals surface area contributed by atoms with Crippen LogP contribution in [0.2, 0.25) is 0 Å². The summed E-state index contributed by atoms with van der Waals surface area (Å²) in [7, 11) is 0. The minimum Gasteiger partial charge on any atom is -0.437 e. The summed E-state index contributed by atoms with van der Waals surface area (Å²) in [5, 5.41) is 8.64. The maximum absolute atomic E-state index is 11.6. The van der Waals surface area contributed by atoms with Crippen LogP contribution < -0.4 is 4.74 Å². The molecule has 3 heterocycles. The Morgan fingerprint density at radius 2 is 2.14 bits per heavy atom. The molecule has 1 saturated carbocycles. The lowest BCUT2D eigenvalue weighted by molar-refractivity contribution is -0.116. The summed E-state index contributed by atoms with van der Waals surface area (Å²) in [6.45, 7) is 2.84. The lowest BCUT2D eigenvalue weighted by atomic mass is 10.2. The second-order valence-corrected chi connectivity index (χ2v) is 8.32. The number of benzene rings is 1. The number of ketones is 1. The molecule has 1 aliphatic carbocycles. The van der Waals surface area contributed by atoms with Crippen molar-refractivity contribution >= 4 is 32.7 Å². The number of hydrogen-bond donors (Lipinski definition) is 0. The van der Waals surface area contributed by atoms with Gasteiger partial charge in [0.05, 0.1) is 16.5 Å². The number of fused-ring (bicyclic) bond motifs is 1. The number of halogens is 1. The van der Waals surface area contributed by atoms with Crippen molar-refractivity contribution in [3.8, 4) is 11.6 Å². The molecule has 1 aromatic carbocycles. The van der Waals surface area contributed by atoms with Crippen LogP contribution in [0.5, 0.6) is 11.6 Å². The smallest absolute Gasteiger partial charge is 0.223 e. The van der Waals surface area contributed by atoms with Crippen molar-refractivity contribution in [2.45, 2.75) is 32.4 Å². The van der Waals surface area contributed by atoms with Crippen molar-refractivity contribution in [3.63, 3.8) is 0 Å². The molecule has 1 aliphatic heterocycles. The van der Waals surface area contributed by atoms with Gasteiger partial charge in [-0.2, -0.15) is 0 Å². The van der Waals surface area contributed by atoms with Gasteiger partial charge in [0.15, 0.2) is 0 Å². The monoisotopic (exact) mass is 441 g/mol. The minimum atomic E-state index is 0.286. The summed E-state index contributed by atoms with van der Waals surface area (Å²) in [5.74, 6) is 2.22. The van der Waals surface area contributed by atoms with Gasteiger partial charge in [0.2, 0.25) is 5.88 Å². The normalized spacial score (nSPS) is 17.5. The zero-order chi connectivity index (χ0) is 19.1. The average Bonchev–Trinajstić information content (AvgIpc) is 3.27. The number of rotatable bonds is 6. The summed E-state index contributed by atoms with van der Waals surface area (Å²) in [5.41, 5.74) is 2.75. The summed E-state index contributed by atoms with van der Waals surface area (Å²) in [4.78, 5) is 18.1. The Bertz CT molecular complexity index is 1050. The predicted octanol–water partition coefficient (Wildman–Crippen LogP) is 3.57. The quantitative estimate of drug-likeness (QED) is 0.581. The van der Waals surface area contributed by atoms with Crippen molar-refractivity contribution in [1.29, 1.82) is 0 Å². The molecule has 0 amide bonds. The fourth-order valence-corrected chi connectivity index (χ4v) is 4.05. The Kier molecular flexibility index (Phi) is 4.60. The highest BCUT2D eigenvalue weighted by Crippen LogP contribution is 2.37. The Morgan fingerprint density at radius 3 is 2.93 bits per heavy atom. The van der Waals surface area contributed by atoms with Gasteiger partial charge in [0.25, 0.3) is 0 Å². The zero-order valence-corrected chi connectivity index (χ0v) is 16.9. The molecule has 0 bridgehead atoms. The third kappa shape index (κ3) is 3.54. The maximum Gasteiger partial charge on any atom is 0.223 e. The van der Waals surface area contributed by atoms with Crippen LogP contribution in [-0.4, -0.2) is 43.8 Å². The van der Waals surface area contributed by atoms with E-state index in [0.717, 1.165) is 40.1 Å². The standard InChI is InChI=1S/C20H20BrN5O2/c21-18-17(6-5-16-19(18)23-24-26(16)10-13-3-4-13)28-20-14(2-1-8-22-20)11-25-9-7-15(27)12-25/h1-2,5-6,8,13H,3-4,7,9-12H2. The second-order valence-electron chi connectivity index (χ2n) is 7.53. The van der Waals surface area contributed by atoms with Gasteiger partial charge in [-0.25, -0.2) is 9.67 Å². The first kappa shape index (κ1) is 17.8. The number of pyridine rings is 1. The van der Waals surface area contributed by atoms with Crippen molar-refractivity contribution < 1.29 is 9.53 Å². The van der Waals surface area contributed by atoms with E-state index in [9.17, 15) is 4.79 Å². The summed E-state index contributed by atoms with van der Waals surface area (Å²) in [6, 6.07) is 7.81. The number of hydrogen-bond acceptors (Lipinski definition) is 6. The predicted molar refractivity (Wildman–Crippen MR) is 107 cm³/mol. The largest absolute Gasteiger partial charge is 0.437 e. The van der Waals surface area contributed by atoms with E-state index in [1.807, 2.05) is 28.9 Å². The molecule has 0 spiro atoms. The molecule has 7 nitrogen and oxygen atoms in total. The van der Waals surface area contributed by atoms with Gasteiger partial charge in [-0.15, -0.1) is 5.10 Å². The molecule has 0 atom stereocenters. The van der Waals surface area contributed by atoms with Crippen LogP contribution in [0.4, 0.5) is 0 Å². The molecule has 3 aromatic rings. The molecule has 2 fully saturated rings. The van der Waals surface area contributed by atoms with Gasteiger partial charge in [-0.3, -0.25) is 9.69 Å². The van der Waals surface area contributed by atoms with Gasteiger partial charge in [-0.1, -0.05) is 11.3 Å². The lowest BCUT2D eigenvalue weighted by Crippen LogP contribution is -2.20. The summed E-state index contributed by atoms with van der Waals surface area (Å²) in [6.07, 6.45) is 4.88. The lowest BCUT2D eigenvalue weighted by Gasteiger charge is -2.16. The third-order valence-corrected chi connectivity index (χ3v) is 6.04. The van der Waals surface area contributed by atoms with Crippen LogP contribution in [0.1, 0.15) is 24.8 Å². The third-order valence-electron chi connectivity index (χ3n) is 5.28. The minimum absolute atomic E-state index is 0.286. The summed E-state index contributed by atoms with van der Waals surface area (Å²) < 4.78 is 8.89. The topological polar surface area (TPSA) is 73.1 Å². The molecule has 28 heavy (non-hydrogen) atoms. The Hall–Kier alpha value is -2.32.